The van der Waals surface area contributed by atoms with E-state index < -0.39 is 11.5 Å². The molecule has 4 aliphatic rings. The van der Waals surface area contributed by atoms with Crippen LogP contribution in [0.25, 0.3) is 0 Å². The van der Waals surface area contributed by atoms with Crippen LogP contribution >= 0.6 is 0 Å². The van der Waals surface area contributed by atoms with E-state index in [1.807, 2.05) is 14.0 Å². The van der Waals surface area contributed by atoms with Crippen LogP contribution in [0.15, 0.2) is 12.2 Å². The summed E-state index contributed by atoms with van der Waals surface area (Å²) < 4.78 is 5.91. The number of aliphatic hydroxyl groups is 1. The van der Waals surface area contributed by atoms with Gasteiger partial charge in [-0.15, -0.1) is 6.58 Å². The molecule has 25 heavy (non-hydrogen) atoms. The second kappa shape index (κ2) is 5.42. The first-order valence-corrected chi connectivity index (χ1v) is 10.1. The number of rotatable bonds is 3. The van der Waals surface area contributed by atoms with Crippen molar-refractivity contribution in [1.82, 2.24) is 0 Å². The highest BCUT2D eigenvalue weighted by atomic mass is 16.5. The molecule has 8 atom stereocenters. The van der Waals surface area contributed by atoms with Gasteiger partial charge in [-0.2, -0.15) is 0 Å². The Hall–Kier alpha value is -0.670. The third-order valence-corrected chi connectivity index (χ3v) is 8.73. The molecule has 0 aromatic rings. The molecule has 3 heteroatoms. The van der Waals surface area contributed by atoms with Crippen molar-refractivity contribution >= 4 is 5.78 Å². The number of ketones is 1. The van der Waals surface area contributed by atoms with Gasteiger partial charge in [0.05, 0.1) is 12.2 Å². The molecule has 4 saturated carbocycles. The standard InChI is InChI=1S/C22H34O3/c1-13(2)10-20(4)12-17(23)22-11-15(22)6-8-21(14(3)19(20)24)9-7-16(25-5)18(21)22/h14-18,23H,1,6-12H2,2-5H3/t14-,15-,16+,17+,18?,20+,21?,22-/m0/s1. The maximum Gasteiger partial charge on any atom is 0.142 e. The molecule has 4 aliphatic carbocycles. The van der Waals surface area contributed by atoms with Crippen LogP contribution in [0.4, 0.5) is 0 Å². The third kappa shape index (κ3) is 2.15. The number of hydrogen-bond acceptors (Lipinski definition) is 3. The predicted octanol–water partition coefficient (Wildman–Crippen LogP) is 4.14. The van der Waals surface area contributed by atoms with Gasteiger partial charge in [-0.1, -0.05) is 19.4 Å². The van der Waals surface area contributed by atoms with Crippen molar-refractivity contribution in [2.24, 2.45) is 34.0 Å². The molecule has 0 aromatic carbocycles. The number of hydrogen-bond donors (Lipinski definition) is 1. The van der Waals surface area contributed by atoms with Gasteiger partial charge in [-0.3, -0.25) is 4.79 Å². The van der Waals surface area contributed by atoms with Gasteiger partial charge in [-0.25, -0.2) is 0 Å². The highest BCUT2D eigenvalue weighted by Crippen LogP contribution is 2.77. The normalized spacial score (nSPS) is 54.3. The van der Waals surface area contributed by atoms with Crippen LogP contribution < -0.4 is 0 Å². The molecule has 0 radical (unpaired) electrons. The zero-order valence-electron chi connectivity index (χ0n) is 16.3. The first-order valence-electron chi connectivity index (χ1n) is 10.1. The van der Waals surface area contributed by atoms with E-state index in [4.69, 9.17) is 4.74 Å². The second-order valence-corrected chi connectivity index (χ2v) is 10.1. The highest BCUT2D eigenvalue weighted by molar-refractivity contribution is 5.88. The lowest BCUT2D eigenvalue weighted by Crippen LogP contribution is -2.56. The minimum absolute atomic E-state index is 0.000716. The average molecular weight is 347 g/mol. The lowest BCUT2D eigenvalue weighted by atomic mass is 9.50. The molecule has 2 unspecified atom stereocenters. The van der Waals surface area contributed by atoms with Gasteiger partial charge in [0.25, 0.3) is 0 Å². The van der Waals surface area contributed by atoms with Gasteiger partial charge in [-0.05, 0) is 69.1 Å². The van der Waals surface area contributed by atoms with Crippen LogP contribution in [0.2, 0.25) is 0 Å². The molecule has 0 saturated heterocycles. The molecule has 1 N–H and O–H groups in total. The molecule has 0 amide bonds. The predicted molar refractivity (Wildman–Crippen MR) is 98.1 cm³/mol. The maximum atomic E-state index is 13.7. The van der Waals surface area contributed by atoms with Crippen molar-refractivity contribution in [1.29, 1.82) is 0 Å². The van der Waals surface area contributed by atoms with Crippen molar-refractivity contribution in [3.8, 4) is 0 Å². The van der Waals surface area contributed by atoms with Crippen LogP contribution in [0.1, 0.15) is 65.7 Å². The maximum absolute atomic E-state index is 13.7. The Morgan fingerprint density at radius 1 is 1.32 bits per heavy atom. The van der Waals surface area contributed by atoms with Crippen LogP contribution in [0.3, 0.4) is 0 Å². The summed E-state index contributed by atoms with van der Waals surface area (Å²) >= 11 is 0. The van der Waals surface area contributed by atoms with E-state index in [-0.39, 0.29) is 22.9 Å². The second-order valence-electron chi connectivity index (χ2n) is 10.1. The monoisotopic (exact) mass is 346 g/mol. The number of carbonyl (C=O) groups excluding carboxylic acids is 1. The van der Waals surface area contributed by atoms with Crippen molar-refractivity contribution in [3.63, 3.8) is 0 Å². The Bertz CT molecular complexity index is 612. The fourth-order valence-electron chi connectivity index (χ4n) is 7.73. The van der Waals surface area contributed by atoms with E-state index in [0.717, 1.165) is 31.3 Å². The van der Waals surface area contributed by atoms with Crippen molar-refractivity contribution in [3.05, 3.63) is 12.2 Å². The number of allylic oxidation sites excluding steroid dienone is 1. The van der Waals surface area contributed by atoms with E-state index in [0.29, 0.717) is 30.5 Å². The fraction of sp³-hybridized carbons (Fsp3) is 0.864. The van der Waals surface area contributed by atoms with Crippen molar-refractivity contribution < 1.29 is 14.6 Å². The van der Waals surface area contributed by atoms with Crippen LogP contribution in [-0.4, -0.2) is 30.2 Å². The summed E-state index contributed by atoms with van der Waals surface area (Å²) in [5.74, 6) is 1.39. The lowest BCUT2D eigenvalue weighted by Gasteiger charge is -2.54. The minimum atomic E-state index is -0.481. The minimum Gasteiger partial charge on any atom is -0.392 e. The first-order chi connectivity index (χ1) is 11.7. The number of methoxy groups -OCH3 is 1. The summed E-state index contributed by atoms with van der Waals surface area (Å²) in [6.45, 7) is 10.3. The molecule has 0 heterocycles. The lowest BCUT2D eigenvalue weighted by molar-refractivity contribution is -0.160. The number of carbonyl (C=O) groups is 1. The largest absolute Gasteiger partial charge is 0.392 e. The quantitative estimate of drug-likeness (QED) is 0.781. The topological polar surface area (TPSA) is 46.5 Å². The highest BCUT2D eigenvalue weighted by Gasteiger charge is 2.75. The third-order valence-electron chi connectivity index (χ3n) is 8.73. The summed E-state index contributed by atoms with van der Waals surface area (Å²) in [6.07, 6.45) is 6.66. The van der Waals surface area contributed by atoms with Gasteiger partial charge >= 0.3 is 0 Å². The van der Waals surface area contributed by atoms with E-state index in [1.54, 1.807) is 0 Å². The molecular weight excluding hydrogens is 312 g/mol. The van der Waals surface area contributed by atoms with Gasteiger partial charge in [0.15, 0.2) is 0 Å². The smallest absolute Gasteiger partial charge is 0.142 e. The summed E-state index contributed by atoms with van der Waals surface area (Å²) in [4.78, 5) is 13.7. The molecular formula is C22H34O3. The number of ether oxygens (including phenoxy) is 1. The zero-order valence-corrected chi connectivity index (χ0v) is 16.3. The molecule has 140 valence electrons. The Kier molecular flexibility index (Phi) is 3.84. The molecule has 4 fully saturated rings. The first kappa shape index (κ1) is 17.7. The van der Waals surface area contributed by atoms with Gasteiger partial charge in [0.1, 0.15) is 5.78 Å². The molecule has 4 rings (SSSR count). The summed E-state index contributed by atoms with van der Waals surface area (Å²) in [5.41, 5.74) is 0.593. The molecule has 2 bridgehead atoms. The SMILES string of the molecule is C=C(C)C[C@]1(C)C[C@@H](O)[C@]23C[C@@H]2CCC2(CC[C@@H](OC)C23)[C@@H](C)C1=O. The number of aliphatic hydroxyl groups excluding tert-OH is 1. The molecule has 0 aliphatic heterocycles. The van der Waals surface area contributed by atoms with E-state index in [2.05, 4.69) is 20.4 Å². The zero-order chi connectivity index (χ0) is 18.2. The summed E-state index contributed by atoms with van der Waals surface area (Å²) in [5, 5.41) is 11.4. The van der Waals surface area contributed by atoms with Crippen molar-refractivity contribution in [2.45, 2.75) is 77.9 Å². The summed E-state index contributed by atoms with van der Waals surface area (Å²) in [7, 11) is 1.82. The van der Waals surface area contributed by atoms with Gasteiger partial charge in [0, 0.05) is 23.9 Å². The Labute approximate surface area is 152 Å². The van der Waals surface area contributed by atoms with Crippen LogP contribution in [0, 0.1) is 34.0 Å². The van der Waals surface area contributed by atoms with E-state index in [9.17, 15) is 9.90 Å². The van der Waals surface area contributed by atoms with E-state index >= 15 is 0 Å². The fourth-order valence-corrected chi connectivity index (χ4v) is 7.73. The molecule has 3 nitrogen and oxygen atoms in total. The van der Waals surface area contributed by atoms with E-state index in [1.165, 1.54) is 6.42 Å². The number of Topliss-reactive ketones (excluding diaryl/α,β-unsaturated/α-hetero) is 1. The average Bonchev–Trinajstić information content (AvgIpc) is 3.18. The Morgan fingerprint density at radius 2 is 2.00 bits per heavy atom. The molecule has 0 aromatic heterocycles. The molecule has 1 spiro atoms. The van der Waals surface area contributed by atoms with Crippen molar-refractivity contribution in [2.75, 3.05) is 7.11 Å². The Morgan fingerprint density at radius 3 is 2.64 bits per heavy atom. The summed E-state index contributed by atoms with van der Waals surface area (Å²) in [6, 6.07) is 0. The van der Waals surface area contributed by atoms with Gasteiger partial charge in [0.2, 0.25) is 0 Å². The van der Waals surface area contributed by atoms with Crippen LogP contribution in [-0.2, 0) is 9.53 Å². The Balaban J connectivity index is 1.83. The van der Waals surface area contributed by atoms with Gasteiger partial charge < -0.3 is 9.84 Å². The van der Waals surface area contributed by atoms with Crippen LogP contribution in [0.5, 0.6) is 0 Å².